The zero-order valence-corrected chi connectivity index (χ0v) is 16.5. The van der Waals surface area contributed by atoms with E-state index in [-0.39, 0.29) is 18.4 Å². The number of halogens is 1. The zero-order valence-electron chi connectivity index (χ0n) is 15.8. The Morgan fingerprint density at radius 2 is 1.48 bits per heavy atom. The third-order valence-corrected chi connectivity index (χ3v) is 5.14. The van der Waals surface area contributed by atoms with Crippen LogP contribution in [0.2, 0.25) is 5.02 Å². The maximum Gasteiger partial charge on any atom is 0.261 e. The van der Waals surface area contributed by atoms with Crippen molar-refractivity contribution in [2.75, 3.05) is 6.54 Å². The summed E-state index contributed by atoms with van der Waals surface area (Å²) in [5.41, 5.74) is 2.87. The van der Waals surface area contributed by atoms with Crippen LogP contribution in [0.3, 0.4) is 0 Å². The highest BCUT2D eigenvalue weighted by molar-refractivity contribution is 6.32. The average Bonchev–Trinajstić information content (AvgIpc) is 2.99. The summed E-state index contributed by atoms with van der Waals surface area (Å²) in [6.45, 7) is 2.18. The Kier molecular flexibility index (Phi) is 5.19. The standard InChI is InChI=1S/C24H18ClNO3/c1-16(14-15-26-23(27)19-6-2-3-7-20(19)24(26)28)17-10-12-18(13-11-17)29-22-9-5-4-8-21(22)25/h2-14H,15H2,1H3. The van der Waals surface area contributed by atoms with Crippen molar-refractivity contribution in [2.24, 2.45) is 0 Å². The number of nitrogens with zero attached hydrogens (tertiary/aromatic N) is 1. The molecule has 0 aromatic heterocycles. The largest absolute Gasteiger partial charge is 0.456 e. The van der Waals surface area contributed by atoms with Gasteiger partial charge >= 0.3 is 0 Å². The van der Waals surface area contributed by atoms with Gasteiger partial charge in [-0.15, -0.1) is 0 Å². The van der Waals surface area contributed by atoms with Crippen LogP contribution in [0.25, 0.3) is 5.57 Å². The topological polar surface area (TPSA) is 46.6 Å². The number of fused-ring (bicyclic) bond motifs is 1. The molecule has 0 aliphatic carbocycles. The molecular weight excluding hydrogens is 386 g/mol. The molecule has 0 saturated carbocycles. The first-order valence-electron chi connectivity index (χ1n) is 9.19. The molecule has 0 bridgehead atoms. The maximum absolute atomic E-state index is 12.5. The molecule has 5 heteroatoms. The summed E-state index contributed by atoms with van der Waals surface area (Å²) >= 11 is 6.12. The number of carbonyl (C=O) groups excluding carboxylic acids is 2. The van der Waals surface area contributed by atoms with Gasteiger partial charge in [0.05, 0.1) is 16.1 Å². The summed E-state index contributed by atoms with van der Waals surface area (Å²) in [7, 11) is 0. The highest BCUT2D eigenvalue weighted by atomic mass is 35.5. The monoisotopic (exact) mass is 403 g/mol. The first-order valence-corrected chi connectivity index (χ1v) is 9.57. The lowest BCUT2D eigenvalue weighted by molar-refractivity contribution is 0.0672. The van der Waals surface area contributed by atoms with Crippen LogP contribution >= 0.6 is 11.6 Å². The van der Waals surface area contributed by atoms with Crippen LogP contribution in [0, 0.1) is 0 Å². The fourth-order valence-electron chi connectivity index (χ4n) is 3.19. The number of imide groups is 1. The van der Waals surface area contributed by atoms with Crippen LogP contribution in [0.15, 0.2) is 78.9 Å². The van der Waals surface area contributed by atoms with Gasteiger partial charge in [-0.3, -0.25) is 14.5 Å². The normalized spacial score (nSPS) is 13.6. The molecule has 2 amide bonds. The minimum Gasteiger partial charge on any atom is -0.456 e. The molecule has 0 saturated heterocycles. The third-order valence-electron chi connectivity index (χ3n) is 4.83. The van der Waals surface area contributed by atoms with Crippen molar-refractivity contribution in [3.05, 3.63) is 101 Å². The number of allylic oxidation sites excluding steroid dienone is 1. The van der Waals surface area contributed by atoms with Gasteiger partial charge in [-0.2, -0.15) is 0 Å². The van der Waals surface area contributed by atoms with Gasteiger partial charge in [0.2, 0.25) is 0 Å². The van der Waals surface area contributed by atoms with Crippen molar-refractivity contribution in [1.82, 2.24) is 4.90 Å². The van der Waals surface area contributed by atoms with E-state index >= 15 is 0 Å². The Labute approximate surface area is 174 Å². The van der Waals surface area contributed by atoms with Crippen LogP contribution in [-0.4, -0.2) is 23.3 Å². The molecule has 0 radical (unpaired) electrons. The third kappa shape index (κ3) is 3.80. The van der Waals surface area contributed by atoms with E-state index in [0.29, 0.717) is 27.6 Å². The molecule has 0 N–H and O–H groups in total. The van der Waals surface area contributed by atoms with Crippen molar-refractivity contribution in [2.45, 2.75) is 6.92 Å². The van der Waals surface area contributed by atoms with E-state index in [1.165, 1.54) is 4.90 Å². The molecule has 0 spiro atoms. The van der Waals surface area contributed by atoms with Gasteiger partial charge in [0.15, 0.2) is 0 Å². The summed E-state index contributed by atoms with van der Waals surface area (Å²) in [6.07, 6.45) is 1.88. The number of benzene rings is 3. The number of ether oxygens (including phenoxy) is 1. The Bertz CT molecular complexity index is 1080. The van der Waals surface area contributed by atoms with Crippen molar-refractivity contribution in [3.63, 3.8) is 0 Å². The van der Waals surface area contributed by atoms with Crippen molar-refractivity contribution < 1.29 is 14.3 Å². The van der Waals surface area contributed by atoms with E-state index in [1.807, 2.05) is 55.5 Å². The van der Waals surface area contributed by atoms with Crippen molar-refractivity contribution in [1.29, 1.82) is 0 Å². The molecule has 4 nitrogen and oxygen atoms in total. The smallest absolute Gasteiger partial charge is 0.261 e. The Morgan fingerprint density at radius 3 is 2.10 bits per heavy atom. The molecular formula is C24H18ClNO3. The van der Waals surface area contributed by atoms with Gasteiger partial charge in [-0.05, 0) is 54.5 Å². The Balaban J connectivity index is 1.45. The molecule has 29 heavy (non-hydrogen) atoms. The summed E-state index contributed by atoms with van der Waals surface area (Å²) in [4.78, 5) is 26.2. The van der Waals surface area contributed by atoms with E-state index in [1.54, 1.807) is 30.3 Å². The number of carbonyl (C=O) groups is 2. The van der Waals surface area contributed by atoms with Gasteiger partial charge < -0.3 is 4.74 Å². The van der Waals surface area contributed by atoms with E-state index in [0.717, 1.165) is 11.1 Å². The summed E-state index contributed by atoms with van der Waals surface area (Å²) < 4.78 is 5.80. The fraction of sp³-hybridized carbons (Fsp3) is 0.0833. The maximum atomic E-state index is 12.5. The summed E-state index contributed by atoms with van der Waals surface area (Å²) in [6, 6.07) is 21.8. The Hall–Kier alpha value is -3.37. The molecule has 0 atom stereocenters. The van der Waals surface area contributed by atoms with Crippen molar-refractivity contribution in [3.8, 4) is 11.5 Å². The van der Waals surface area contributed by atoms with E-state index in [2.05, 4.69) is 0 Å². The van der Waals surface area contributed by atoms with Gasteiger partial charge in [0.1, 0.15) is 11.5 Å². The van der Waals surface area contributed by atoms with Crippen molar-refractivity contribution >= 4 is 29.0 Å². The molecule has 144 valence electrons. The molecule has 0 unspecified atom stereocenters. The minimum atomic E-state index is -0.252. The lowest BCUT2D eigenvalue weighted by Crippen LogP contribution is -2.29. The highest BCUT2D eigenvalue weighted by Crippen LogP contribution is 2.29. The van der Waals surface area contributed by atoms with Gasteiger partial charge in [-0.25, -0.2) is 0 Å². The van der Waals surface area contributed by atoms with Gasteiger partial charge in [0, 0.05) is 6.54 Å². The molecule has 3 aromatic rings. The van der Waals surface area contributed by atoms with Gasteiger partial charge in [0.25, 0.3) is 11.8 Å². The van der Waals surface area contributed by atoms with Crippen LogP contribution in [0.4, 0.5) is 0 Å². The number of amides is 2. The van der Waals surface area contributed by atoms with Crippen LogP contribution < -0.4 is 4.74 Å². The second kappa shape index (κ2) is 7.94. The molecule has 1 heterocycles. The first-order chi connectivity index (χ1) is 14.0. The first kappa shape index (κ1) is 19.0. The van der Waals surface area contributed by atoms with E-state index in [9.17, 15) is 9.59 Å². The molecule has 4 rings (SSSR count). The highest BCUT2D eigenvalue weighted by Gasteiger charge is 2.34. The summed E-state index contributed by atoms with van der Waals surface area (Å²) in [5.74, 6) is 0.770. The Morgan fingerprint density at radius 1 is 0.897 bits per heavy atom. The van der Waals surface area contributed by atoms with E-state index < -0.39 is 0 Å². The van der Waals surface area contributed by atoms with Crippen LogP contribution in [0.1, 0.15) is 33.2 Å². The SMILES string of the molecule is CC(=CCN1C(=O)c2ccccc2C1=O)c1ccc(Oc2ccccc2Cl)cc1. The zero-order chi connectivity index (χ0) is 20.4. The quantitative estimate of drug-likeness (QED) is 0.503. The van der Waals surface area contributed by atoms with Gasteiger partial charge in [-0.1, -0.05) is 54.1 Å². The van der Waals surface area contributed by atoms with Crippen LogP contribution in [0.5, 0.6) is 11.5 Å². The number of para-hydroxylation sites is 1. The molecule has 1 aliphatic heterocycles. The number of hydrogen-bond acceptors (Lipinski definition) is 3. The predicted octanol–water partition coefficient (Wildman–Crippen LogP) is 5.83. The predicted molar refractivity (Wildman–Crippen MR) is 113 cm³/mol. The van der Waals surface area contributed by atoms with Crippen LogP contribution in [-0.2, 0) is 0 Å². The lowest BCUT2D eigenvalue weighted by Gasteiger charge is -2.12. The molecule has 3 aromatic carbocycles. The number of hydrogen-bond donors (Lipinski definition) is 0. The second-order valence-corrected chi connectivity index (χ2v) is 7.12. The fourth-order valence-corrected chi connectivity index (χ4v) is 3.37. The lowest BCUT2D eigenvalue weighted by atomic mass is 10.1. The molecule has 0 fully saturated rings. The molecule has 1 aliphatic rings. The second-order valence-electron chi connectivity index (χ2n) is 6.71. The minimum absolute atomic E-state index is 0.232. The average molecular weight is 404 g/mol. The van der Waals surface area contributed by atoms with E-state index in [4.69, 9.17) is 16.3 Å². The number of rotatable bonds is 5. The summed E-state index contributed by atoms with van der Waals surface area (Å²) in [5, 5.41) is 0.550.